The molecule has 0 amide bonds. The Morgan fingerprint density at radius 2 is 2.15 bits per heavy atom. The van der Waals surface area contributed by atoms with Crippen molar-refractivity contribution in [2.75, 3.05) is 24.2 Å². The van der Waals surface area contributed by atoms with Gasteiger partial charge in [0.25, 0.3) is 0 Å². The van der Waals surface area contributed by atoms with E-state index in [1.54, 1.807) is 18.4 Å². The van der Waals surface area contributed by atoms with Gasteiger partial charge in [-0.25, -0.2) is 4.98 Å². The van der Waals surface area contributed by atoms with Crippen LogP contribution in [0.3, 0.4) is 0 Å². The number of thiophene rings is 1. The lowest BCUT2D eigenvalue weighted by molar-refractivity contribution is 0.0636. The van der Waals surface area contributed by atoms with Crippen LogP contribution in [0.25, 0.3) is 10.2 Å². The largest absolute Gasteiger partial charge is 0.388 e. The molecule has 2 rings (SSSR count). The number of nitrogens with zero attached hydrogens (tertiary/aromatic N) is 2. The lowest BCUT2D eigenvalue weighted by Crippen LogP contribution is -2.33. The average Bonchev–Trinajstić information content (AvgIpc) is 2.76. The van der Waals surface area contributed by atoms with Crippen molar-refractivity contribution in [3.05, 3.63) is 10.9 Å². The molecule has 2 heterocycles. The predicted molar refractivity (Wildman–Crippen MR) is 85.7 cm³/mol. The fourth-order valence-electron chi connectivity index (χ4n) is 2.19. The van der Waals surface area contributed by atoms with Crippen LogP contribution in [0.4, 0.5) is 11.8 Å². The standard InChI is InChI=1S/C14H22N4OS/c1-5-6-14(3,19)8-16-11-10-7-9(2)20-12(10)18-13(15-4)17-11/h7,19H,5-6,8H2,1-4H3,(H2,15,16,17,18). The van der Waals surface area contributed by atoms with Crippen molar-refractivity contribution in [1.29, 1.82) is 0 Å². The van der Waals surface area contributed by atoms with Crippen LogP contribution >= 0.6 is 11.3 Å². The van der Waals surface area contributed by atoms with Crippen LogP contribution in [-0.4, -0.2) is 34.3 Å². The van der Waals surface area contributed by atoms with E-state index >= 15 is 0 Å². The Hall–Kier alpha value is -1.40. The zero-order chi connectivity index (χ0) is 14.8. The van der Waals surface area contributed by atoms with Gasteiger partial charge in [-0.15, -0.1) is 11.3 Å². The minimum Gasteiger partial charge on any atom is -0.388 e. The van der Waals surface area contributed by atoms with Gasteiger partial charge in [-0.1, -0.05) is 13.3 Å². The van der Waals surface area contributed by atoms with Crippen LogP contribution in [0.1, 0.15) is 31.6 Å². The fraction of sp³-hybridized carbons (Fsp3) is 0.571. The highest BCUT2D eigenvalue weighted by Crippen LogP contribution is 2.29. The van der Waals surface area contributed by atoms with Crippen LogP contribution in [0.15, 0.2) is 6.07 Å². The number of aromatic nitrogens is 2. The molecular weight excluding hydrogens is 272 g/mol. The molecule has 3 N–H and O–H groups in total. The van der Waals surface area contributed by atoms with Crippen LogP contribution in [0, 0.1) is 6.92 Å². The number of hydrogen-bond donors (Lipinski definition) is 3. The molecule has 20 heavy (non-hydrogen) atoms. The van der Waals surface area contributed by atoms with Gasteiger partial charge >= 0.3 is 0 Å². The molecule has 0 radical (unpaired) electrons. The number of nitrogens with one attached hydrogen (secondary N) is 2. The minimum absolute atomic E-state index is 0.477. The summed E-state index contributed by atoms with van der Waals surface area (Å²) in [4.78, 5) is 11.1. The second kappa shape index (κ2) is 5.93. The van der Waals surface area contributed by atoms with Gasteiger partial charge in [0.2, 0.25) is 5.95 Å². The number of fused-ring (bicyclic) bond motifs is 1. The van der Waals surface area contributed by atoms with Gasteiger partial charge in [-0.05, 0) is 26.3 Å². The molecule has 6 heteroatoms. The Morgan fingerprint density at radius 1 is 1.40 bits per heavy atom. The van der Waals surface area contributed by atoms with Gasteiger partial charge in [-0.3, -0.25) is 0 Å². The summed E-state index contributed by atoms with van der Waals surface area (Å²) in [5.74, 6) is 1.37. The Labute approximate surface area is 123 Å². The van der Waals surface area contributed by atoms with Gasteiger partial charge in [-0.2, -0.15) is 4.98 Å². The van der Waals surface area contributed by atoms with Gasteiger partial charge in [0, 0.05) is 18.5 Å². The lowest BCUT2D eigenvalue weighted by Gasteiger charge is -2.23. The monoisotopic (exact) mass is 294 g/mol. The first-order valence-corrected chi connectivity index (χ1v) is 7.69. The third-order valence-corrected chi connectivity index (χ3v) is 4.11. The zero-order valence-corrected chi connectivity index (χ0v) is 13.3. The molecule has 1 unspecified atom stereocenters. The molecule has 5 nitrogen and oxygen atoms in total. The fourth-order valence-corrected chi connectivity index (χ4v) is 3.07. The van der Waals surface area contributed by atoms with Crippen molar-refractivity contribution >= 4 is 33.3 Å². The predicted octanol–water partition coefficient (Wildman–Crippen LogP) is 3.00. The van der Waals surface area contributed by atoms with E-state index in [4.69, 9.17) is 0 Å². The smallest absolute Gasteiger partial charge is 0.225 e. The van der Waals surface area contributed by atoms with Crippen LogP contribution in [0.2, 0.25) is 0 Å². The molecule has 0 saturated heterocycles. The van der Waals surface area contributed by atoms with Crippen LogP contribution in [0.5, 0.6) is 0 Å². The summed E-state index contributed by atoms with van der Waals surface area (Å²) in [6.07, 6.45) is 1.71. The summed E-state index contributed by atoms with van der Waals surface area (Å²) < 4.78 is 0. The molecule has 2 aromatic rings. The van der Waals surface area contributed by atoms with E-state index in [9.17, 15) is 5.11 Å². The van der Waals surface area contributed by atoms with Crippen molar-refractivity contribution < 1.29 is 5.11 Å². The molecule has 0 aliphatic rings. The minimum atomic E-state index is -0.725. The molecule has 0 fully saturated rings. The maximum absolute atomic E-state index is 10.3. The Morgan fingerprint density at radius 3 is 2.80 bits per heavy atom. The maximum Gasteiger partial charge on any atom is 0.225 e. The highest BCUT2D eigenvalue weighted by molar-refractivity contribution is 7.18. The Kier molecular flexibility index (Phi) is 4.45. The first-order valence-electron chi connectivity index (χ1n) is 6.87. The molecule has 0 aromatic carbocycles. The molecule has 0 spiro atoms. The van der Waals surface area contributed by atoms with Crippen LogP contribution < -0.4 is 10.6 Å². The number of rotatable bonds is 6. The second-order valence-corrected chi connectivity index (χ2v) is 6.56. The van der Waals surface area contributed by atoms with E-state index in [-0.39, 0.29) is 0 Å². The molecule has 0 aliphatic carbocycles. The maximum atomic E-state index is 10.3. The van der Waals surface area contributed by atoms with E-state index in [1.165, 1.54) is 4.88 Å². The van der Waals surface area contributed by atoms with Crippen molar-refractivity contribution in [2.24, 2.45) is 0 Å². The van der Waals surface area contributed by atoms with Crippen molar-refractivity contribution in [3.8, 4) is 0 Å². The summed E-state index contributed by atoms with van der Waals surface area (Å²) in [6.45, 7) is 6.45. The topological polar surface area (TPSA) is 70.1 Å². The Balaban J connectivity index is 2.28. The number of aliphatic hydroxyl groups is 1. The molecule has 0 aliphatic heterocycles. The quantitative estimate of drug-likeness (QED) is 0.764. The summed E-state index contributed by atoms with van der Waals surface area (Å²) in [5.41, 5.74) is -0.725. The second-order valence-electron chi connectivity index (χ2n) is 5.32. The number of hydrogen-bond acceptors (Lipinski definition) is 6. The molecule has 0 bridgehead atoms. The highest BCUT2D eigenvalue weighted by Gasteiger charge is 2.20. The normalized spacial score (nSPS) is 14.2. The van der Waals surface area contributed by atoms with E-state index in [1.807, 2.05) is 6.92 Å². The summed E-state index contributed by atoms with van der Waals surface area (Å²) >= 11 is 1.65. The average molecular weight is 294 g/mol. The summed E-state index contributed by atoms with van der Waals surface area (Å²) in [6, 6.07) is 2.08. The number of anilines is 2. The van der Waals surface area contributed by atoms with Gasteiger partial charge in [0.1, 0.15) is 10.6 Å². The molecule has 1 atom stereocenters. The van der Waals surface area contributed by atoms with Crippen molar-refractivity contribution in [2.45, 2.75) is 39.2 Å². The van der Waals surface area contributed by atoms with E-state index in [0.29, 0.717) is 12.5 Å². The Bertz CT molecular complexity index is 594. The highest BCUT2D eigenvalue weighted by atomic mass is 32.1. The molecular formula is C14H22N4OS. The summed E-state index contributed by atoms with van der Waals surface area (Å²) in [7, 11) is 1.80. The molecule has 2 aromatic heterocycles. The SMILES string of the molecule is CCCC(C)(O)CNc1nc(NC)nc2sc(C)cc12. The van der Waals surface area contributed by atoms with Gasteiger partial charge in [0.05, 0.1) is 11.0 Å². The molecule has 110 valence electrons. The van der Waals surface area contributed by atoms with E-state index in [0.717, 1.165) is 28.9 Å². The van der Waals surface area contributed by atoms with Crippen molar-refractivity contribution in [1.82, 2.24) is 9.97 Å². The van der Waals surface area contributed by atoms with E-state index in [2.05, 4.69) is 40.5 Å². The first-order chi connectivity index (χ1) is 9.45. The molecule has 0 saturated carbocycles. The first kappa shape index (κ1) is 15.0. The third kappa shape index (κ3) is 3.37. The number of aryl methyl sites for hydroxylation is 1. The zero-order valence-electron chi connectivity index (χ0n) is 12.4. The summed E-state index contributed by atoms with van der Waals surface area (Å²) in [5, 5.41) is 17.5. The lowest BCUT2D eigenvalue weighted by atomic mass is 10.0. The van der Waals surface area contributed by atoms with E-state index < -0.39 is 5.60 Å². The van der Waals surface area contributed by atoms with Crippen molar-refractivity contribution in [3.63, 3.8) is 0 Å². The van der Waals surface area contributed by atoms with Gasteiger partial charge in [0.15, 0.2) is 0 Å². The van der Waals surface area contributed by atoms with Crippen LogP contribution in [-0.2, 0) is 0 Å². The third-order valence-electron chi connectivity index (χ3n) is 3.16. The van der Waals surface area contributed by atoms with Gasteiger partial charge < -0.3 is 15.7 Å².